The van der Waals surface area contributed by atoms with Gasteiger partial charge in [-0.25, -0.2) is 4.79 Å². The van der Waals surface area contributed by atoms with E-state index in [9.17, 15) is 9.90 Å². The zero-order valence-electron chi connectivity index (χ0n) is 17.2. The van der Waals surface area contributed by atoms with Gasteiger partial charge in [0.15, 0.2) is 0 Å². The topological polar surface area (TPSA) is 63.1 Å². The molecule has 1 saturated carbocycles. The van der Waals surface area contributed by atoms with Crippen LogP contribution in [0.15, 0.2) is 36.5 Å². The number of rotatable bonds is 3. The van der Waals surface area contributed by atoms with Gasteiger partial charge in [0.1, 0.15) is 0 Å². The molecule has 0 aliphatic heterocycles. The van der Waals surface area contributed by atoms with E-state index < -0.39 is 5.97 Å². The molecule has 29 heavy (non-hydrogen) atoms. The molecule has 1 heterocycles. The van der Waals surface area contributed by atoms with E-state index in [1.54, 1.807) is 6.07 Å². The maximum Gasteiger partial charge on any atom is 0.335 e. The molecular formula is C25H28N2O2. The Kier molecular flexibility index (Phi) is 4.34. The van der Waals surface area contributed by atoms with E-state index in [4.69, 9.17) is 0 Å². The highest BCUT2D eigenvalue weighted by molar-refractivity contribution is 5.88. The van der Waals surface area contributed by atoms with E-state index in [1.165, 1.54) is 47.9 Å². The van der Waals surface area contributed by atoms with Crippen molar-refractivity contribution in [2.75, 3.05) is 0 Å². The summed E-state index contributed by atoms with van der Waals surface area (Å²) in [5, 5.41) is 17.7. The summed E-state index contributed by atoms with van der Waals surface area (Å²) in [5.41, 5.74) is 7.06. The molecule has 0 bridgehead atoms. The summed E-state index contributed by atoms with van der Waals surface area (Å²) < 4.78 is 0. The molecule has 5 rings (SSSR count). The number of hydrogen-bond acceptors (Lipinski definition) is 3. The molecule has 0 unspecified atom stereocenters. The fourth-order valence-electron chi connectivity index (χ4n) is 6.77. The average molecular weight is 389 g/mol. The fraction of sp³-hybridized carbons (Fsp3) is 0.480. The number of fused-ring (bicyclic) bond motifs is 5. The first-order chi connectivity index (χ1) is 14.0. The molecule has 2 aromatic rings. The van der Waals surface area contributed by atoms with Crippen LogP contribution in [0.3, 0.4) is 0 Å². The molecule has 0 spiro atoms. The maximum atomic E-state index is 11.4. The quantitative estimate of drug-likeness (QED) is 0.762. The van der Waals surface area contributed by atoms with Crippen LogP contribution in [0.4, 0.5) is 0 Å². The standard InChI is InChI=1S/C25H28N2O2/c1-3-25-11-10-20-19-6-5-17(24(28)29)13-16(19)4-7-21(20)23(25)9-8-22(25)18-12-15(2)27-26-14-18/h5-6,8,12-14,20-21,23H,3-4,7,9-11H2,1-2H3,(H,28,29)/t20-,21-,23+,25-/m1/s1. The monoisotopic (exact) mass is 388 g/mol. The van der Waals surface area contributed by atoms with Crippen molar-refractivity contribution in [1.82, 2.24) is 10.2 Å². The van der Waals surface area contributed by atoms with Gasteiger partial charge in [0.25, 0.3) is 0 Å². The summed E-state index contributed by atoms with van der Waals surface area (Å²) in [7, 11) is 0. The van der Waals surface area contributed by atoms with Crippen LogP contribution >= 0.6 is 0 Å². The summed E-state index contributed by atoms with van der Waals surface area (Å²) in [6.07, 6.45) is 11.3. The van der Waals surface area contributed by atoms with E-state index in [1.807, 2.05) is 19.2 Å². The van der Waals surface area contributed by atoms with Gasteiger partial charge in [-0.15, -0.1) is 0 Å². The summed E-state index contributed by atoms with van der Waals surface area (Å²) in [4.78, 5) is 11.4. The summed E-state index contributed by atoms with van der Waals surface area (Å²) in [6, 6.07) is 8.01. The molecule has 0 saturated heterocycles. The van der Waals surface area contributed by atoms with Crippen LogP contribution in [0.25, 0.3) is 5.57 Å². The van der Waals surface area contributed by atoms with Crippen molar-refractivity contribution in [1.29, 1.82) is 0 Å². The number of carboxylic acids is 1. The summed E-state index contributed by atoms with van der Waals surface area (Å²) in [6.45, 7) is 4.37. The number of benzene rings is 1. The van der Waals surface area contributed by atoms with Gasteiger partial charge in [-0.3, -0.25) is 0 Å². The highest BCUT2D eigenvalue weighted by Crippen LogP contribution is 2.64. The Hall–Kier alpha value is -2.49. The van der Waals surface area contributed by atoms with Crippen molar-refractivity contribution >= 4 is 11.5 Å². The smallest absolute Gasteiger partial charge is 0.335 e. The molecule has 150 valence electrons. The van der Waals surface area contributed by atoms with Crippen LogP contribution in [0.1, 0.15) is 77.7 Å². The molecule has 1 N–H and O–H groups in total. The Balaban J connectivity index is 1.49. The molecule has 0 amide bonds. The van der Waals surface area contributed by atoms with Crippen LogP contribution in [-0.2, 0) is 6.42 Å². The number of allylic oxidation sites excluding steroid dienone is 2. The second-order valence-corrected chi connectivity index (χ2v) is 9.12. The number of hydrogen-bond donors (Lipinski definition) is 1. The van der Waals surface area contributed by atoms with E-state index in [0.717, 1.165) is 18.5 Å². The maximum absolute atomic E-state index is 11.4. The van der Waals surface area contributed by atoms with Gasteiger partial charge < -0.3 is 5.11 Å². The van der Waals surface area contributed by atoms with Gasteiger partial charge in [0, 0.05) is 0 Å². The lowest BCUT2D eigenvalue weighted by Gasteiger charge is -2.52. The largest absolute Gasteiger partial charge is 0.478 e. The minimum Gasteiger partial charge on any atom is -0.478 e. The number of aromatic nitrogens is 2. The lowest BCUT2D eigenvalue weighted by molar-refractivity contribution is 0.0691. The number of nitrogens with zero attached hydrogens (tertiary/aromatic N) is 2. The van der Waals surface area contributed by atoms with Crippen LogP contribution in [0.5, 0.6) is 0 Å². The van der Waals surface area contributed by atoms with Crippen molar-refractivity contribution in [2.45, 2.75) is 58.3 Å². The number of aryl methyl sites for hydroxylation is 2. The van der Waals surface area contributed by atoms with E-state index in [-0.39, 0.29) is 5.41 Å². The first kappa shape index (κ1) is 18.5. The van der Waals surface area contributed by atoms with E-state index >= 15 is 0 Å². The molecule has 1 aromatic carbocycles. The number of carbonyl (C=O) groups is 1. The third kappa shape index (κ3) is 2.76. The van der Waals surface area contributed by atoms with Crippen LogP contribution < -0.4 is 0 Å². The number of aromatic carboxylic acids is 1. The molecular weight excluding hydrogens is 360 g/mol. The lowest BCUT2D eigenvalue weighted by atomic mass is 9.52. The second kappa shape index (κ2) is 6.79. The predicted molar refractivity (Wildman–Crippen MR) is 113 cm³/mol. The van der Waals surface area contributed by atoms with Gasteiger partial charge in [-0.05, 0) is 109 Å². The molecule has 4 nitrogen and oxygen atoms in total. The Bertz CT molecular complexity index is 1010. The molecule has 4 atom stereocenters. The molecule has 0 radical (unpaired) electrons. The van der Waals surface area contributed by atoms with Crippen molar-refractivity contribution in [3.05, 3.63) is 64.5 Å². The zero-order chi connectivity index (χ0) is 20.2. The first-order valence-electron chi connectivity index (χ1n) is 10.9. The highest BCUT2D eigenvalue weighted by atomic mass is 16.4. The van der Waals surface area contributed by atoms with E-state index in [2.05, 4.69) is 35.3 Å². The Morgan fingerprint density at radius 2 is 2.14 bits per heavy atom. The zero-order valence-corrected chi connectivity index (χ0v) is 17.2. The molecule has 4 heteroatoms. The minimum absolute atomic E-state index is 0.245. The van der Waals surface area contributed by atoms with Gasteiger partial charge in [0.2, 0.25) is 0 Å². The SMILES string of the molecule is CC[C@]12CC[C@@H]3c4ccc(C(=O)O)cc4CC[C@H]3[C@@H]1CC=C2c1cnnc(C)c1. The minimum atomic E-state index is -0.825. The first-order valence-corrected chi connectivity index (χ1v) is 10.9. The number of carboxylic acid groups (broad SMARTS) is 1. The Labute approximate surface area is 172 Å². The van der Waals surface area contributed by atoms with Gasteiger partial charge in [-0.2, -0.15) is 10.2 Å². The van der Waals surface area contributed by atoms with Crippen LogP contribution in [0, 0.1) is 24.2 Å². The van der Waals surface area contributed by atoms with E-state index in [0.29, 0.717) is 23.3 Å². The lowest BCUT2D eigenvalue weighted by Crippen LogP contribution is -2.42. The summed E-state index contributed by atoms with van der Waals surface area (Å²) >= 11 is 0. The third-order valence-electron chi connectivity index (χ3n) is 8.01. The van der Waals surface area contributed by atoms with Crippen molar-refractivity contribution in [3.63, 3.8) is 0 Å². The predicted octanol–water partition coefficient (Wildman–Crippen LogP) is 5.42. The van der Waals surface area contributed by atoms with Gasteiger partial charge in [-0.1, -0.05) is 19.1 Å². The molecule has 3 aliphatic carbocycles. The molecule has 1 fully saturated rings. The van der Waals surface area contributed by atoms with Crippen molar-refractivity contribution < 1.29 is 9.90 Å². The second-order valence-electron chi connectivity index (χ2n) is 9.12. The third-order valence-corrected chi connectivity index (χ3v) is 8.01. The van der Waals surface area contributed by atoms with Crippen molar-refractivity contribution in [2.24, 2.45) is 17.3 Å². The molecule has 1 aromatic heterocycles. The molecule has 3 aliphatic rings. The average Bonchev–Trinajstić information content (AvgIpc) is 3.13. The van der Waals surface area contributed by atoms with Gasteiger partial charge in [0.05, 0.1) is 17.5 Å². The fourth-order valence-corrected chi connectivity index (χ4v) is 6.77. The Morgan fingerprint density at radius 3 is 2.90 bits per heavy atom. The van der Waals surface area contributed by atoms with Gasteiger partial charge >= 0.3 is 5.97 Å². The normalized spacial score (nSPS) is 30.1. The Morgan fingerprint density at radius 1 is 1.28 bits per heavy atom. The summed E-state index contributed by atoms with van der Waals surface area (Å²) in [5.74, 6) is 1.09. The van der Waals surface area contributed by atoms with Crippen LogP contribution in [-0.4, -0.2) is 21.3 Å². The highest BCUT2D eigenvalue weighted by Gasteiger charge is 2.53. The van der Waals surface area contributed by atoms with Crippen molar-refractivity contribution in [3.8, 4) is 0 Å². The van der Waals surface area contributed by atoms with Crippen LogP contribution in [0.2, 0.25) is 0 Å².